The fraction of sp³-hybridized carbons (Fsp3) is 0.440. The molecule has 0 saturated carbocycles. The lowest BCUT2D eigenvalue weighted by Crippen LogP contribution is -2.47. The largest absolute Gasteiger partial charge is 0.455 e. The third-order valence-electron chi connectivity index (χ3n) is 11.6. The van der Waals surface area contributed by atoms with Crippen LogP contribution < -0.4 is 19.7 Å². The fourth-order valence-electron chi connectivity index (χ4n) is 8.32. The van der Waals surface area contributed by atoms with Gasteiger partial charge in [0, 0.05) is 96.2 Å². The molecule has 3 N–H and O–H groups in total. The molecule has 3 aliphatic rings. The van der Waals surface area contributed by atoms with Crippen molar-refractivity contribution in [2.24, 2.45) is 5.92 Å². The van der Waals surface area contributed by atoms with Crippen LogP contribution in [0.4, 0.5) is 24.5 Å². The molecule has 1 aliphatic carbocycles. The van der Waals surface area contributed by atoms with Crippen LogP contribution in [-0.4, -0.2) is 103 Å². The van der Waals surface area contributed by atoms with E-state index in [1.165, 1.54) is 29.2 Å². The molecule has 1 atom stereocenters. The lowest BCUT2D eigenvalue weighted by molar-refractivity contribution is -0.0328. The highest BCUT2D eigenvalue weighted by atomic mass is 35.5. The standard InChI is InChI=1S/C46H51ClF3N7O3S2.2C2H6/c1-31-3-10-39(32-4-6-35(47)7-5-32)34(25-31)30-56-17-19-57(20-18-56)36-8-11-40(42(27-36)60-37-26-33-13-15-52-44(33)53-29-37)45(58)54-62-38-9-12-41(43(28-38)61-46(48,49)50)51-14-2-16-55-21-23-59-24-22-55;2*1-2/h4-9,11-13,15,26-29,31,51H,2-3,10,14,16-25,30H2,1H3,(H,52,53)(H,54,58);2*1-2H3. The van der Waals surface area contributed by atoms with Crippen molar-refractivity contribution in [2.75, 3.05) is 82.3 Å². The van der Waals surface area contributed by atoms with Crippen LogP contribution in [0.5, 0.6) is 11.5 Å². The number of alkyl halides is 3. The number of piperazine rings is 1. The smallest absolute Gasteiger partial charge is 0.446 e. The van der Waals surface area contributed by atoms with Crippen molar-refractivity contribution in [1.82, 2.24) is 24.5 Å². The van der Waals surface area contributed by atoms with Gasteiger partial charge in [-0.2, -0.15) is 13.2 Å². The van der Waals surface area contributed by atoms with Crippen LogP contribution in [0, 0.1) is 5.92 Å². The summed E-state index contributed by atoms with van der Waals surface area (Å²) < 4.78 is 55.8. The molecule has 0 spiro atoms. The normalized spacial score (nSPS) is 17.1. The summed E-state index contributed by atoms with van der Waals surface area (Å²) in [6, 6.07) is 22.3. The Kier molecular flexibility index (Phi) is 19.4. The van der Waals surface area contributed by atoms with E-state index in [0.29, 0.717) is 53.4 Å². The third-order valence-corrected chi connectivity index (χ3v) is 13.4. The van der Waals surface area contributed by atoms with Gasteiger partial charge in [-0.25, -0.2) is 4.98 Å². The van der Waals surface area contributed by atoms with Crippen LogP contribution in [0.15, 0.2) is 101 Å². The molecule has 1 amide bonds. The first-order chi connectivity index (χ1) is 32.0. The Balaban J connectivity index is 0.00000175. The molecule has 8 rings (SSSR count). The minimum Gasteiger partial charge on any atom is -0.455 e. The van der Waals surface area contributed by atoms with Gasteiger partial charge in [0.2, 0.25) is 0 Å². The van der Waals surface area contributed by atoms with Gasteiger partial charge in [0.15, 0.2) is 0 Å². The highest BCUT2D eigenvalue weighted by Gasteiger charge is 2.31. The van der Waals surface area contributed by atoms with Crippen molar-refractivity contribution >= 4 is 69.2 Å². The van der Waals surface area contributed by atoms with E-state index in [2.05, 4.69) is 53.8 Å². The molecule has 2 fully saturated rings. The fourth-order valence-corrected chi connectivity index (χ4v) is 9.84. The zero-order valence-corrected chi connectivity index (χ0v) is 41.0. The van der Waals surface area contributed by atoms with Crippen LogP contribution in [0.25, 0.3) is 16.6 Å². The van der Waals surface area contributed by atoms with Crippen molar-refractivity contribution < 1.29 is 27.4 Å². The number of morpholine rings is 1. The molecule has 5 aromatic rings. The predicted octanol–water partition coefficient (Wildman–Crippen LogP) is 12.6. The Labute approximate surface area is 401 Å². The number of rotatable bonds is 15. The minimum absolute atomic E-state index is 0.0382. The number of benzene rings is 3. The molecule has 3 aromatic carbocycles. The summed E-state index contributed by atoms with van der Waals surface area (Å²) in [5, 5.41) is 4.79. The number of H-pyrrole nitrogens is 1. The van der Waals surface area contributed by atoms with E-state index < -0.39 is 11.4 Å². The molecule has 66 heavy (non-hydrogen) atoms. The molecule has 2 aliphatic heterocycles. The summed E-state index contributed by atoms with van der Waals surface area (Å²) in [5.74, 6) is 1.02. The van der Waals surface area contributed by atoms with E-state index >= 15 is 0 Å². The number of fused-ring (bicyclic) bond motifs is 1. The van der Waals surface area contributed by atoms with Crippen LogP contribution in [0.3, 0.4) is 0 Å². The van der Waals surface area contributed by atoms with E-state index in [4.69, 9.17) is 21.1 Å². The van der Waals surface area contributed by atoms with Crippen LogP contribution >= 0.6 is 35.3 Å². The van der Waals surface area contributed by atoms with E-state index in [1.54, 1.807) is 30.6 Å². The second-order valence-electron chi connectivity index (χ2n) is 16.0. The number of thioether (sulfide) groups is 1. The quantitative estimate of drug-likeness (QED) is 0.0535. The van der Waals surface area contributed by atoms with Crippen molar-refractivity contribution in [1.29, 1.82) is 0 Å². The van der Waals surface area contributed by atoms with Gasteiger partial charge in [-0.15, -0.1) is 0 Å². The number of hydrogen-bond donors (Lipinski definition) is 3. The molecule has 0 radical (unpaired) electrons. The average molecular weight is 967 g/mol. The molecular formula is C50H63ClF3N7O3S2. The first-order valence-corrected chi connectivity index (χ1v) is 25.1. The minimum atomic E-state index is -4.48. The van der Waals surface area contributed by atoms with Crippen molar-refractivity contribution in [3.05, 3.63) is 107 Å². The monoisotopic (exact) mass is 965 g/mol. The number of halogens is 4. The summed E-state index contributed by atoms with van der Waals surface area (Å²) in [5.41, 5.74) is 2.06. The number of nitrogens with zero attached hydrogens (tertiary/aromatic N) is 4. The molecule has 16 heteroatoms. The average Bonchev–Trinajstić information content (AvgIpc) is 3.80. The van der Waals surface area contributed by atoms with Crippen molar-refractivity contribution in [2.45, 2.75) is 75.6 Å². The number of aromatic amines is 1. The molecule has 356 valence electrons. The predicted molar refractivity (Wildman–Crippen MR) is 267 cm³/mol. The second-order valence-corrected chi connectivity index (χ2v) is 18.5. The van der Waals surface area contributed by atoms with Crippen molar-refractivity contribution in [3.8, 4) is 11.5 Å². The van der Waals surface area contributed by atoms with E-state index in [1.807, 2.05) is 64.1 Å². The van der Waals surface area contributed by atoms with E-state index in [9.17, 15) is 18.0 Å². The highest BCUT2D eigenvalue weighted by Crippen LogP contribution is 2.42. The topological polar surface area (TPSA) is 98.0 Å². The first-order valence-electron chi connectivity index (χ1n) is 23.1. The van der Waals surface area contributed by atoms with Crippen LogP contribution in [0.2, 0.25) is 5.02 Å². The summed E-state index contributed by atoms with van der Waals surface area (Å²) in [7, 11) is 0. The Morgan fingerprint density at radius 1 is 0.939 bits per heavy atom. The summed E-state index contributed by atoms with van der Waals surface area (Å²) in [6.07, 6.45) is 7.54. The maximum absolute atomic E-state index is 13.9. The Hall–Kier alpha value is -4.38. The number of nitrogens with one attached hydrogen (secondary N) is 3. The SMILES string of the molecule is CC.CC.CC1CCC(c2ccc(Cl)cc2)=C(CN2CCN(c3ccc(C(=O)NSc4ccc(NCCCN5CCOCC5)c(SC(F)(F)F)c4)c(Oc4cnc5[nH]ccc5c4)c3)CC2)C1. The lowest BCUT2D eigenvalue weighted by atomic mass is 9.82. The van der Waals surface area contributed by atoms with Crippen LogP contribution in [-0.2, 0) is 4.74 Å². The number of anilines is 2. The molecule has 1 unspecified atom stereocenters. The summed E-state index contributed by atoms with van der Waals surface area (Å²) >= 11 is 7.01. The number of aromatic nitrogens is 2. The Morgan fingerprint density at radius 3 is 2.44 bits per heavy atom. The second kappa shape index (κ2) is 25.1. The number of hydrogen-bond acceptors (Lipinski definition) is 10. The van der Waals surface area contributed by atoms with Crippen LogP contribution in [0.1, 0.15) is 76.2 Å². The number of pyridine rings is 1. The lowest BCUT2D eigenvalue weighted by Gasteiger charge is -2.38. The zero-order chi connectivity index (χ0) is 47.1. The molecule has 2 saturated heterocycles. The highest BCUT2D eigenvalue weighted by molar-refractivity contribution is 8.00. The van der Waals surface area contributed by atoms with Gasteiger partial charge in [-0.05, 0) is 128 Å². The van der Waals surface area contributed by atoms with E-state index in [0.717, 1.165) is 99.7 Å². The van der Waals surface area contributed by atoms with Gasteiger partial charge in [0.1, 0.15) is 17.1 Å². The molecular weight excluding hydrogens is 903 g/mol. The zero-order valence-electron chi connectivity index (χ0n) is 38.6. The van der Waals surface area contributed by atoms with Gasteiger partial charge in [0.25, 0.3) is 5.91 Å². The molecule has 2 aromatic heterocycles. The molecule has 0 bridgehead atoms. The van der Waals surface area contributed by atoms with Gasteiger partial charge in [0.05, 0.1) is 25.0 Å². The number of ether oxygens (including phenoxy) is 2. The Bertz CT molecular complexity index is 2350. The van der Waals surface area contributed by atoms with Gasteiger partial charge in [-0.1, -0.05) is 63.9 Å². The maximum atomic E-state index is 13.9. The number of amides is 1. The molecule has 4 heterocycles. The summed E-state index contributed by atoms with van der Waals surface area (Å²) in [4.78, 5) is 29.1. The number of carbonyl (C=O) groups is 1. The molecule has 10 nitrogen and oxygen atoms in total. The summed E-state index contributed by atoms with van der Waals surface area (Å²) in [6.45, 7) is 19.1. The van der Waals surface area contributed by atoms with Gasteiger partial charge < -0.3 is 24.7 Å². The Morgan fingerprint density at radius 2 is 1.70 bits per heavy atom. The number of allylic oxidation sites excluding steroid dienone is 1. The van der Waals surface area contributed by atoms with Gasteiger partial charge >= 0.3 is 5.51 Å². The van der Waals surface area contributed by atoms with Crippen molar-refractivity contribution in [3.63, 3.8) is 0 Å². The first kappa shape index (κ1) is 51.0. The third kappa shape index (κ3) is 14.6. The maximum Gasteiger partial charge on any atom is 0.446 e. The van der Waals surface area contributed by atoms with Gasteiger partial charge in [-0.3, -0.25) is 19.3 Å². The number of carbonyl (C=O) groups excluding carboxylic acids is 1. The van der Waals surface area contributed by atoms with E-state index in [-0.39, 0.29) is 22.2 Å².